The van der Waals surface area contributed by atoms with Gasteiger partial charge >= 0.3 is 5.97 Å². The molecule has 3 rings (SSSR count). The molecule has 0 bridgehead atoms. The van der Waals surface area contributed by atoms with E-state index in [1.807, 2.05) is 38.4 Å². The van der Waals surface area contributed by atoms with E-state index >= 15 is 0 Å². The first-order valence-corrected chi connectivity index (χ1v) is 9.08. The number of benzene rings is 1. The fraction of sp³-hybridized carbons (Fsp3) is 0.350. The Hall–Kier alpha value is -3.29. The highest BCUT2D eigenvalue weighted by Crippen LogP contribution is 2.30. The molecule has 0 aliphatic heterocycles. The smallest absolute Gasteiger partial charge is 0.358 e. The largest absolute Gasteiger partial charge is 0.489 e. The Morgan fingerprint density at radius 3 is 2.75 bits per heavy atom. The van der Waals surface area contributed by atoms with Crippen LogP contribution in [0.5, 0.6) is 5.75 Å². The summed E-state index contributed by atoms with van der Waals surface area (Å²) < 4.78 is 12.6. The standard InChI is InChI=1S/C20H24N4O4/c1-5-27-19(26)17-18(14-8-6-7-9-15(14)22-17)28-11-10-24-16(25)12-13(2)21-20(24)23(3)4/h6-9,12,22H,5,10-11H2,1-4H3. The van der Waals surface area contributed by atoms with Crippen molar-refractivity contribution in [3.05, 3.63) is 52.1 Å². The maximum atomic E-state index is 12.4. The normalized spacial score (nSPS) is 10.9. The second-order valence-corrected chi connectivity index (χ2v) is 6.53. The summed E-state index contributed by atoms with van der Waals surface area (Å²) in [6.45, 7) is 4.29. The van der Waals surface area contributed by atoms with Crippen molar-refractivity contribution in [2.45, 2.75) is 20.4 Å². The number of aryl methyl sites for hydroxylation is 1. The zero-order valence-electron chi connectivity index (χ0n) is 16.5. The number of rotatable bonds is 7. The van der Waals surface area contributed by atoms with Crippen LogP contribution in [0, 0.1) is 6.92 Å². The molecule has 0 aliphatic rings. The molecule has 1 N–H and O–H groups in total. The molecule has 0 atom stereocenters. The zero-order valence-corrected chi connectivity index (χ0v) is 16.5. The van der Waals surface area contributed by atoms with Gasteiger partial charge in [-0.15, -0.1) is 0 Å². The number of hydrogen-bond acceptors (Lipinski definition) is 6. The van der Waals surface area contributed by atoms with Gasteiger partial charge in [-0.25, -0.2) is 9.78 Å². The minimum atomic E-state index is -0.475. The lowest BCUT2D eigenvalue weighted by Gasteiger charge is -2.18. The van der Waals surface area contributed by atoms with Crippen molar-refractivity contribution in [3.63, 3.8) is 0 Å². The number of ether oxygens (including phenoxy) is 2. The first kappa shape index (κ1) is 19.5. The molecule has 0 aliphatic carbocycles. The van der Waals surface area contributed by atoms with E-state index in [-0.39, 0.29) is 24.5 Å². The molecule has 3 aromatic rings. The third-order valence-corrected chi connectivity index (χ3v) is 4.22. The zero-order chi connectivity index (χ0) is 20.3. The number of aromatic nitrogens is 3. The van der Waals surface area contributed by atoms with E-state index in [4.69, 9.17) is 9.47 Å². The highest BCUT2D eigenvalue weighted by molar-refractivity contribution is 6.00. The molecule has 0 saturated carbocycles. The molecule has 8 nitrogen and oxygen atoms in total. The number of para-hydroxylation sites is 1. The van der Waals surface area contributed by atoms with Crippen LogP contribution in [0.25, 0.3) is 10.9 Å². The van der Waals surface area contributed by atoms with Gasteiger partial charge in [-0.05, 0) is 26.0 Å². The van der Waals surface area contributed by atoms with Crippen LogP contribution in [0.2, 0.25) is 0 Å². The molecular weight excluding hydrogens is 360 g/mol. The number of nitrogens with one attached hydrogen (secondary N) is 1. The van der Waals surface area contributed by atoms with Gasteiger partial charge in [-0.1, -0.05) is 12.1 Å². The van der Waals surface area contributed by atoms with E-state index in [1.54, 1.807) is 23.3 Å². The molecular formula is C20H24N4O4. The number of anilines is 1. The highest BCUT2D eigenvalue weighted by Gasteiger charge is 2.20. The van der Waals surface area contributed by atoms with E-state index in [0.29, 0.717) is 23.9 Å². The van der Waals surface area contributed by atoms with Crippen molar-refractivity contribution in [2.75, 3.05) is 32.2 Å². The molecule has 0 spiro atoms. The lowest BCUT2D eigenvalue weighted by molar-refractivity contribution is 0.0515. The van der Waals surface area contributed by atoms with Gasteiger partial charge in [0.05, 0.1) is 13.2 Å². The summed E-state index contributed by atoms with van der Waals surface area (Å²) in [5, 5.41) is 0.785. The number of esters is 1. The monoisotopic (exact) mass is 384 g/mol. The molecule has 0 unspecified atom stereocenters. The van der Waals surface area contributed by atoms with Crippen LogP contribution in [-0.4, -0.2) is 47.8 Å². The van der Waals surface area contributed by atoms with Crippen LogP contribution >= 0.6 is 0 Å². The molecule has 28 heavy (non-hydrogen) atoms. The van der Waals surface area contributed by atoms with Crippen molar-refractivity contribution in [3.8, 4) is 5.75 Å². The number of hydrogen-bond donors (Lipinski definition) is 1. The molecule has 0 amide bonds. The van der Waals surface area contributed by atoms with Gasteiger partial charge < -0.3 is 19.4 Å². The average Bonchev–Trinajstić information content (AvgIpc) is 3.02. The molecule has 148 valence electrons. The number of H-pyrrole nitrogens is 1. The average molecular weight is 384 g/mol. The summed E-state index contributed by atoms with van der Waals surface area (Å²) in [6.07, 6.45) is 0. The minimum Gasteiger partial charge on any atom is -0.489 e. The molecule has 2 aromatic heterocycles. The second kappa shape index (κ2) is 8.16. The first-order valence-electron chi connectivity index (χ1n) is 9.08. The van der Waals surface area contributed by atoms with Crippen LogP contribution in [0.3, 0.4) is 0 Å². The van der Waals surface area contributed by atoms with Crippen LogP contribution in [0.4, 0.5) is 5.95 Å². The Balaban J connectivity index is 1.88. The highest BCUT2D eigenvalue weighted by atomic mass is 16.5. The van der Waals surface area contributed by atoms with Crippen molar-refractivity contribution in [1.82, 2.24) is 14.5 Å². The van der Waals surface area contributed by atoms with Crippen molar-refractivity contribution >= 4 is 22.8 Å². The van der Waals surface area contributed by atoms with Crippen LogP contribution in [0.15, 0.2) is 35.1 Å². The lowest BCUT2D eigenvalue weighted by atomic mass is 10.2. The van der Waals surface area contributed by atoms with Gasteiger partial charge in [-0.3, -0.25) is 9.36 Å². The summed E-state index contributed by atoms with van der Waals surface area (Å²) in [7, 11) is 3.66. The molecule has 1 aromatic carbocycles. The number of carbonyl (C=O) groups is 1. The summed E-state index contributed by atoms with van der Waals surface area (Å²) in [4.78, 5) is 34.0. The first-order chi connectivity index (χ1) is 13.4. The third-order valence-electron chi connectivity index (χ3n) is 4.22. The second-order valence-electron chi connectivity index (χ2n) is 6.53. The fourth-order valence-electron chi connectivity index (χ4n) is 3.01. The van der Waals surface area contributed by atoms with Crippen LogP contribution in [0.1, 0.15) is 23.1 Å². The minimum absolute atomic E-state index is 0.149. The van der Waals surface area contributed by atoms with Crippen LogP contribution < -0.4 is 15.2 Å². The van der Waals surface area contributed by atoms with E-state index in [9.17, 15) is 9.59 Å². The summed E-state index contributed by atoms with van der Waals surface area (Å²) in [6, 6.07) is 8.97. The van der Waals surface area contributed by atoms with Crippen molar-refractivity contribution < 1.29 is 14.3 Å². The number of carbonyl (C=O) groups excluding carboxylic acids is 1. The van der Waals surface area contributed by atoms with Crippen LogP contribution in [-0.2, 0) is 11.3 Å². The van der Waals surface area contributed by atoms with Crippen molar-refractivity contribution in [1.29, 1.82) is 0 Å². The number of nitrogens with zero attached hydrogens (tertiary/aromatic N) is 3. The number of fused-ring (bicyclic) bond motifs is 1. The summed E-state index contributed by atoms with van der Waals surface area (Å²) >= 11 is 0. The molecule has 2 heterocycles. The number of aromatic amines is 1. The summed E-state index contributed by atoms with van der Waals surface area (Å²) in [5.41, 5.74) is 1.56. The van der Waals surface area contributed by atoms with E-state index in [0.717, 1.165) is 10.9 Å². The SMILES string of the molecule is CCOC(=O)c1[nH]c2ccccc2c1OCCn1c(N(C)C)nc(C)cc1=O. The Kier molecular flexibility index (Phi) is 5.67. The quantitative estimate of drug-likeness (QED) is 0.629. The summed E-state index contributed by atoms with van der Waals surface area (Å²) in [5.74, 6) is 0.503. The third kappa shape index (κ3) is 3.85. The van der Waals surface area contributed by atoms with Gasteiger partial charge in [0.25, 0.3) is 5.56 Å². The predicted molar refractivity (Wildman–Crippen MR) is 107 cm³/mol. The van der Waals surface area contributed by atoms with Gasteiger partial charge in [0.2, 0.25) is 5.95 Å². The maximum absolute atomic E-state index is 12.4. The van der Waals surface area contributed by atoms with Crippen molar-refractivity contribution in [2.24, 2.45) is 0 Å². The Bertz CT molecular complexity index is 1050. The molecule has 0 fully saturated rings. The molecule has 0 saturated heterocycles. The Morgan fingerprint density at radius 1 is 1.29 bits per heavy atom. The van der Waals surface area contributed by atoms with E-state index in [2.05, 4.69) is 9.97 Å². The maximum Gasteiger partial charge on any atom is 0.358 e. The van der Waals surface area contributed by atoms with E-state index < -0.39 is 5.97 Å². The molecule has 0 radical (unpaired) electrons. The fourth-order valence-corrected chi connectivity index (χ4v) is 3.01. The van der Waals surface area contributed by atoms with Gasteiger partial charge in [0.15, 0.2) is 11.4 Å². The van der Waals surface area contributed by atoms with Gasteiger partial charge in [0, 0.05) is 36.8 Å². The van der Waals surface area contributed by atoms with E-state index in [1.165, 1.54) is 6.07 Å². The predicted octanol–water partition coefficient (Wildman–Crippen LogP) is 2.35. The Morgan fingerprint density at radius 2 is 2.04 bits per heavy atom. The van der Waals surface area contributed by atoms with Gasteiger partial charge in [0.1, 0.15) is 6.61 Å². The Labute approximate surface area is 162 Å². The lowest BCUT2D eigenvalue weighted by Crippen LogP contribution is -2.30. The van der Waals surface area contributed by atoms with Gasteiger partial charge in [-0.2, -0.15) is 0 Å². The topological polar surface area (TPSA) is 89.5 Å². The molecule has 8 heteroatoms.